The van der Waals surface area contributed by atoms with Crippen molar-refractivity contribution in [2.24, 2.45) is 7.05 Å². The lowest BCUT2D eigenvalue weighted by Crippen LogP contribution is -2.25. The van der Waals surface area contributed by atoms with Gasteiger partial charge in [0.15, 0.2) is 5.16 Å². The summed E-state index contributed by atoms with van der Waals surface area (Å²) in [5.74, 6) is -0.121. The summed E-state index contributed by atoms with van der Waals surface area (Å²) in [6.07, 6.45) is 0. The minimum Gasteiger partial charge on any atom is -0.325 e. The number of carbonyl (C=O) groups excluding carboxylic acids is 1. The normalized spacial score (nSPS) is 12.2. The average molecular weight is 442 g/mol. The van der Waals surface area contributed by atoms with E-state index >= 15 is 0 Å². The standard InChI is InChI=1S/C21H19N3O2S3/c1-12-7-4-5-8-15(12)22-18(25)13(2)29-21-23-19-17(20(26)24(21)3)14(11-28-19)16-9-6-10-27-16/h4-11,13H,1-3H3,(H,22,25). The van der Waals surface area contributed by atoms with Crippen molar-refractivity contribution >= 4 is 56.2 Å². The first-order chi connectivity index (χ1) is 14.0. The highest BCUT2D eigenvalue weighted by atomic mass is 32.2. The molecule has 0 radical (unpaired) electrons. The maximum atomic E-state index is 13.0. The van der Waals surface area contributed by atoms with Crippen molar-refractivity contribution in [3.05, 3.63) is 63.1 Å². The predicted octanol–water partition coefficient (Wildman–Crippen LogP) is 5.15. The third kappa shape index (κ3) is 3.88. The van der Waals surface area contributed by atoms with Crippen LogP contribution < -0.4 is 10.9 Å². The molecule has 1 aromatic carbocycles. The van der Waals surface area contributed by atoms with Crippen LogP contribution in [0.4, 0.5) is 5.69 Å². The van der Waals surface area contributed by atoms with Gasteiger partial charge in [0, 0.05) is 28.6 Å². The molecule has 8 heteroatoms. The molecule has 1 amide bonds. The van der Waals surface area contributed by atoms with Crippen molar-refractivity contribution in [2.45, 2.75) is 24.3 Å². The Balaban J connectivity index is 1.61. The molecule has 3 heterocycles. The summed E-state index contributed by atoms with van der Waals surface area (Å²) >= 11 is 4.35. The molecule has 0 aliphatic heterocycles. The lowest BCUT2D eigenvalue weighted by atomic mass is 10.2. The highest BCUT2D eigenvalue weighted by molar-refractivity contribution is 8.00. The van der Waals surface area contributed by atoms with Gasteiger partial charge in [-0.3, -0.25) is 14.2 Å². The minimum atomic E-state index is -0.401. The molecule has 1 unspecified atom stereocenters. The molecule has 4 aromatic rings. The third-order valence-corrected chi connectivity index (χ3v) is 7.53. The van der Waals surface area contributed by atoms with Gasteiger partial charge in [0.25, 0.3) is 5.56 Å². The van der Waals surface area contributed by atoms with Gasteiger partial charge in [0.1, 0.15) is 4.83 Å². The van der Waals surface area contributed by atoms with Gasteiger partial charge in [-0.05, 0) is 36.9 Å². The number of amides is 1. The number of aromatic nitrogens is 2. The van der Waals surface area contributed by atoms with E-state index in [0.717, 1.165) is 21.7 Å². The molecule has 0 aliphatic rings. The number of hydrogen-bond donors (Lipinski definition) is 1. The first-order valence-corrected chi connectivity index (χ1v) is 11.6. The Labute approximate surface area is 180 Å². The van der Waals surface area contributed by atoms with Crippen molar-refractivity contribution < 1.29 is 4.79 Å². The van der Waals surface area contributed by atoms with Gasteiger partial charge in [-0.2, -0.15) is 0 Å². The summed E-state index contributed by atoms with van der Waals surface area (Å²) in [7, 11) is 1.71. The molecule has 0 aliphatic carbocycles. The number of hydrogen-bond acceptors (Lipinski definition) is 6. The highest BCUT2D eigenvalue weighted by Crippen LogP contribution is 2.35. The summed E-state index contributed by atoms with van der Waals surface area (Å²) in [4.78, 5) is 32.1. The Bertz CT molecular complexity index is 1240. The summed E-state index contributed by atoms with van der Waals surface area (Å²) in [5.41, 5.74) is 2.63. The van der Waals surface area contributed by atoms with E-state index in [1.165, 1.54) is 27.7 Å². The van der Waals surface area contributed by atoms with E-state index in [2.05, 4.69) is 10.3 Å². The number of thioether (sulfide) groups is 1. The number of nitrogens with zero attached hydrogens (tertiary/aromatic N) is 2. The largest absolute Gasteiger partial charge is 0.325 e. The van der Waals surface area contributed by atoms with Crippen LogP contribution in [0.15, 0.2) is 57.1 Å². The zero-order valence-electron chi connectivity index (χ0n) is 16.1. The van der Waals surface area contributed by atoms with Crippen molar-refractivity contribution in [1.82, 2.24) is 9.55 Å². The van der Waals surface area contributed by atoms with Gasteiger partial charge < -0.3 is 5.32 Å². The number of rotatable bonds is 5. The van der Waals surface area contributed by atoms with Crippen LogP contribution in [0, 0.1) is 6.92 Å². The first kappa shape index (κ1) is 19.9. The zero-order chi connectivity index (χ0) is 20.5. The molecule has 148 valence electrons. The molecule has 0 spiro atoms. The Hall–Kier alpha value is -2.42. The van der Waals surface area contributed by atoms with Crippen molar-refractivity contribution in [3.63, 3.8) is 0 Å². The van der Waals surface area contributed by atoms with E-state index in [-0.39, 0.29) is 11.5 Å². The molecule has 1 N–H and O–H groups in total. The highest BCUT2D eigenvalue weighted by Gasteiger charge is 2.21. The van der Waals surface area contributed by atoms with Gasteiger partial charge in [-0.15, -0.1) is 22.7 Å². The summed E-state index contributed by atoms with van der Waals surface area (Å²) in [6, 6.07) is 11.6. The van der Waals surface area contributed by atoms with Gasteiger partial charge in [-0.25, -0.2) is 4.98 Å². The fraction of sp³-hybridized carbons (Fsp3) is 0.190. The van der Waals surface area contributed by atoms with Crippen LogP contribution in [0.25, 0.3) is 20.7 Å². The average Bonchev–Trinajstić information content (AvgIpc) is 3.37. The van der Waals surface area contributed by atoms with E-state index in [1.807, 2.05) is 61.0 Å². The molecular weight excluding hydrogens is 422 g/mol. The topological polar surface area (TPSA) is 64.0 Å². The monoisotopic (exact) mass is 441 g/mol. The SMILES string of the molecule is Cc1ccccc1NC(=O)C(C)Sc1nc2scc(-c3cccs3)c2c(=O)n1C. The Morgan fingerprint density at radius 3 is 2.72 bits per heavy atom. The lowest BCUT2D eigenvalue weighted by Gasteiger charge is -2.14. The number of anilines is 1. The Morgan fingerprint density at radius 1 is 1.21 bits per heavy atom. The van der Waals surface area contributed by atoms with E-state index < -0.39 is 5.25 Å². The van der Waals surface area contributed by atoms with Crippen LogP contribution in [0.5, 0.6) is 0 Å². The van der Waals surface area contributed by atoms with Crippen molar-refractivity contribution in [2.75, 3.05) is 5.32 Å². The quantitative estimate of drug-likeness (QED) is 0.344. The van der Waals surface area contributed by atoms with Gasteiger partial charge in [0.05, 0.1) is 10.6 Å². The molecule has 29 heavy (non-hydrogen) atoms. The number of carbonyl (C=O) groups is 1. The maximum absolute atomic E-state index is 13.0. The van der Waals surface area contributed by atoms with E-state index in [4.69, 9.17) is 0 Å². The zero-order valence-corrected chi connectivity index (χ0v) is 18.6. The molecule has 0 saturated heterocycles. The number of para-hydroxylation sites is 1. The molecule has 3 aromatic heterocycles. The molecule has 0 bridgehead atoms. The van der Waals surface area contributed by atoms with Gasteiger partial charge in [0.2, 0.25) is 5.91 Å². The predicted molar refractivity (Wildman–Crippen MR) is 123 cm³/mol. The van der Waals surface area contributed by atoms with Gasteiger partial charge in [-0.1, -0.05) is 36.0 Å². The first-order valence-electron chi connectivity index (χ1n) is 9.01. The minimum absolute atomic E-state index is 0.0892. The van der Waals surface area contributed by atoms with E-state index in [9.17, 15) is 9.59 Å². The van der Waals surface area contributed by atoms with Crippen LogP contribution in [0.3, 0.4) is 0 Å². The molecule has 0 saturated carbocycles. The fourth-order valence-corrected chi connectivity index (χ4v) is 5.61. The Morgan fingerprint density at radius 2 is 2.00 bits per heavy atom. The van der Waals surface area contributed by atoms with Gasteiger partial charge >= 0.3 is 0 Å². The number of aryl methyl sites for hydroxylation is 1. The second kappa shape index (κ2) is 8.14. The smallest absolute Gasteiger partial charge is 0.263 e. The lowest BCUT2D eigenvalue weighted by molar-refractivity contribution is -0.115. The van der Waals surface area contributed by atoms with Crippen LogP contribution in [0.2, 0.25) is 0 Å². The number of benzene rings is 1. The van der Waals surface area contributed by atoms with E-state index in [1.54, 1.807) is 18.4 Å². The molecule has 0 fully saturated rings. The number of fused-ring (bicyclic) bond motifs is 1. The van der Waals surface area contributed by atoms with Crippen LogP contribution in [0.1, 0.15) is 12.5 Å². The van der Waals surface area contributed by atoms with Crippen LogP contribution >= 0.6 is 34.4 Å². The van der Waals surface area contributed by atoms with Crippen molar-refractivity contribution in [1.29, 1.82) is 0 Å². The second-order valence-corrected chi connectivity index (χ2v) is 9.74. The third-order valence-electron chi connectivity index (χ3n) is 4.62. The summed E-state index contributed by atoms with van der Waals surface area (Å²) in [5, 5.41) is 7.70. The molecule has 1 atom stereocenters. The Kier molecular flexibility index (Phi) is 5.58. The summed E-state index contributed by atoms with van der Waals surface area (Å²) in [6.45, 7) is 3.77. The maximum Gasteiger partial charge on any atom is 0.263 e. The van der Waals surface area contributed by atoms with Crippen molar-refractivity contribution in [3.8, 4) is 10.4 Å². The molecular formula is C21H19N3O2S3. The van der Waals surface area contributed by atoms with Crippen LogP contribution in [-0.4, -0.2) is 20.7 Å². The summed E-state index contributed by atoms with van der Waals surface area (Å²) < 4.78 is 1.54. The number of nitrogens with one attached hydrogen (secondary N) is 1. The molecule has 4 rings (SSSR count). The van der Waals surface area contributed by atoms with Crippen LogP contribution in [-0.2, 0) is 11.8 Å². The fourth-order valence-electron chi connectivity index (χ4n) is 2.93. The second-order valence-electron chi connectivity index (χ2n) is 6.63. The van der Waals surface area contributed by atoms with E-state index in [0.29, 0.717) is 15.4 Å². The molecule has 5 nitrogen and oxygen atoms in total. The number of thiophene rings is 2.